The van der Waals surface area contributed by atoms with E-state index < -0.39 is 16.1 Å². The van der Waals surface area contributed by atoms with Gasteiger partial charge in [0.05, 0.1) is 4.90 Å². The number of fused-ring (bicyclic) bond motifs is 1. The fourth-order valence-electron chi connectivity index (χ4n) is 4.43. The van der Waals surface area contributed by atoms with E-state index in [1.165, 1.54) is 0 Å². The molecule has 8 heteroatoms. The number of sulfonamides is 1. The molecular formula is C25H32N4O3S. The fraction of sp³-hybridized carbons (Fsp3) is 0.400. The summed E-state index contributed by atoms with van der Waals surface area (Å²) >= 11 is 0. The maximum Gasteiger partial charge on any atom is 0.247 e. The van der Waals surface area contributed by atoms with E-state index in [0.29, 0.717) is 24.5 Å². The Bertz CT molecular complexity index is 1290. The van der Waals surface area contributed by atoms with Crippen molar-refractivity contribution in [3.05, 3.63) is 59.3 Å². The first-order valence-electron chi connectivity index (χ1n) is 11.4. The van der Waals surface area contributed by atoms with Crippen molar-refractivity contribution in [2.45, 2.75) is 57.5 Å². The highest BCUT2D eigenvalue weighted by Gasteiger charge is 2.27. The lowest BCUT2D eigenvalue weighted by Crippen LogP contribution is -2.35. The summed E-state index contributed by atoms with van der Waals surface area (Å²) in [7, 11) is -3.52. The number of anilines is 1. The van der Waals surface area contributed by atoms with Crippen LogP contribution in [0, 0.1) is 13.8 Å². The highest BCUT2D eigenvalue weighted by Crippen LogP contribution is 2.30. The zero-order valence-corrected chi connectivity index (χ0v) is 20.3. The summed E-state index contributed by atoms with van der Waals surface area (Å²) in [6.45, 7) is 7.28. The van der Waals surface area contributed by atoms with Gasteiger partial charge in [0.2, 0.25) is 15.9 Å². The van der Waals surface area contributed by atoms with Gasteiger partial charge in [-0.1, -0.05) is 18.6 Å². The Morgan fingerprint density at radius 1 is 1.06 bits per heavy atom. The number of aromatic nitrogens is 1. The molecule has 0 spiro atoms. The Kier molecular flexibility index (Phi) is 6.61. The molecule has 1 unspecified atom stereocenters. The Hall–Kier alpha value is -2.68. The molecule has 1 fully saturated rings. The number of benzene rings is 2. The molecule has 1 aliphatic heterocycles. The van der Waals surface area contributed by atoms with Gasteiger partial charge in [-0.3, -0.25) is 4.79 Å². The van der Waals surface area contributed by atoms with E-state index in [1.807, 2.05) is 55.8 Å². The number of hydrogen-bond donors (Lipinski definition) is 2. The maximum absolute atomic E-state index is 13.1. The predicted molar refractivity (Wildman–Crippen MR) is 132 cm³/mol. The normalized spacial score (nSPS) is 16.1. The lowest BCUT2D eigenvalue weighted by atomic mass is 10.1. The van der Waals surface area contributed by atoms with Gasteiger partial charge < -0.3 is 15.6 Å². The average molecular weight is 469 g/mol. The summed E-state index contributed by atoms with van der Waals surface area (Å²) in [6, 6.07) is 10.5. The molecular weight excluding hydrogens is 436 g/mol. The van der Waals surface area contributed by atoms with Crippen LogP contribution in [0.2, 0.25) is 0 Å². The van der Waals surface area contributed by atoms with Crippen molar-refractivity contribution in [2.75, 3.05) is 18.4 Å². The molecule has 3 N–H and O–H groups in total. The summed E-state index contributed by atoms with van der Waals surface area (Å²) in [4.78, 5) is 13.4. The van der Waals surface area contributed by atoms with E-state index in [9.17, 15) is 13.2 Å². The number of amides is 1. The van der Waals surface area contributed by atoms with Gasteiger partial charge in [0.15, 0.2) is 0 Å². The monoisotopic (exact) mass is 468 g/mol. The van der Waals surface area contributed by atoms with Gasteiger partial charge in [0.1, 0.15) is 6.04 Å². The smallest absolute Gasteiger partial charge is 0.247 e. The number of nitrogens with one attached hydrogen (secondary N) is 1. The van der Waals surface area contributed by atoms with Crippen LogP contribution in [0.1, 0.15) is 48.9 Å². The molecule has 1 amide bonds. The third-order valence-corrected chi connectivity index (χ3v) is 8.44. The van der Waals surface area contributed by atoms with Crippen LogP contribution in [0.3, 0.4) is 0 Å². The molecule has 1 aliphatic rings. The Morgan fingerprint density at radius 3 is 2.48 bits per heavy atom. The van der Waals surface area contributed by atoms with Crippen LogP contribution in [0.15, 0.2) is 47.5 Å². The lowest BCUT2D eigenvalue weighted by Gasteiger charge is -2.26. The second kappa shape index (κ2) is 9.29. The molecule has 1 saturated heterocycles. The fourth-order valence-corrected chi connectivity index (χ4v) is 5.98. The van der Waals surface area contributed by atoms with Crippen molar-refractivity contribution in [3.63, 3.8) is 0 Å². The van der Waals surface area contributed by atoms with Crippen molar-refractivity contribution in [1.82, 2.24) is 8.87 Å². The topological polar surface area (TPSA) is 97.4 Å². The van der Waals surface area contributed by atoms with Crippen LogP contribution < -0.4 is 11.1 Å². The van der Waals surface area contributed by atoms with Crippen LogP contribution in [0.4, 0.5) is 5.69 Å². The number of nitrogens with zero attached hydrogens (tertiary/aromatic N) is 2. The van der Waals surface area contributed by atoms with E-state index in [2.05, 4.69) is 5.32 Å². The van der Waals surface area contributed by atoms with Crippen LogP contribution in [0.25, 0.3) is 10.9 Å². The summed E-state index contributed by atoms with van der Waals surface area (Å²) in [6.07, 6.45) is 4.78. The summed E-state index contributed by atoms with van der Waals surface area (Å²) < 4.78 is 29.7. The molecule has 2 aromatic carbocycles. The highest BCUT2D eigenvalue weighted by molar-refractivity contribution is 7.89. The number of nitrogens with two attached hydrogens (primary N) is 1. The molecule has 0 radical (unpaired) electrons. The van der Waals surface area contributed by atoms with E-state index in [4.69, 9.17) is 5.73 Å². The van der Waals surface area contributed by atoms with Gasteiger partial charge in [-0.15, -0.1) is 0 Å². The number of piperidine rings is 1. The molecule has 0 bridgehead atoms. The molecule has 0 aliphatic carbocycles. The summed E-state index contributed by atoms with van der Waals surface area (Å²) in [5.74, 6) is -0.144. The standard InChI is InChI=1S/C25H32N4O3S/c1-17-7-8-20(15-26)13-23(17)27-25(30)19(3)29-16-18(2)22-14-21(9-10-24(22)29)33(31,32)28-11-5-4-6-12-28/h7-10,13-14,16,19H,4-6,11-12,15,26H2,1-3H3,(H,27,30). The number of rotatable bonds is 6. The van der Waals surface area contributed by atoms with Crippen LogP contribution in [-0.2, 0) is 21.4 Å². The van der Waals surface area contributed by atoms with E-state index in [0.717, 1.165) is 52.5 Å². The summed E-state index contributed by atoms with van der Waals surface area (Å²) in [5, 5.41) is 3.86. The first-order valence-corrected chi connectivity index (χ1v) is 12.9. The second-order valence-electron chi connectivity index (χ2n) is 8.88. The predicted octanol–water partition coefficient (Wildman–Crippen LogP) is 4.09. The third-order valence-electron chi connectivity index (χ3n) is 6.55. The molecule has 4 rings (SSSR count). The largest absolute Gasteiger partial charge is 0.335 e. The Balaban J connectivity index is 1.63. The van der Waals surface area contributed by atoms with E-state index in [1.54, 1.807) is 16.4 Å². The molecule has 3 aromatic rings. The third kappa shape index (κ3) is 4.55. The van der Waals surface area contributed by atoms with E-state index in [-0.39, 0.29) is 5.91 Å². The second-order valence-corrected chi connectivity index (χ2v) is 10.8. The quantitative estimate of drug-likeness (QED) is 0.569. The minimum Gasteiger partial charge on any atom is -0.335 e. The first kappa shape index (κ1) is 23.5. The van der Waals surface area contributed by atoms with Crippen LogP contribution in [-0.4, -0.2) is 36.3 Å². The van der Waals surface area contributed by atoms with Gasteiger partial charge >= 0.3 is 0 Å². The molecule has 7 nitrogen and oxygen atoms in total. The van der Waals surface area contributed by atoms with Gasteiger partial charge in [-0.2, -0.15) is 4.31 Å². The summed E-state index contributed by atoms with van der Waals surface area (Å²) in [5.41, 5.74) is 10.2. The number of carbonyl (C=O) groups is 1. The molecule has 0 saturated carbocycles. The molecule has 2 heterocycles. The van der Waals surface area contributed by atoms with Crippen LogP contribution in [0.5, 0.6) is 0 Å². The Labute approximate surface area is 195 Å². The minimum absolute atomic E-state index is 0.144. The zero-order valence-electron chi connectivity index (χ0n) is 19.5. The Morgan fingerprint density at radius 2 is 1.79 bits per heavy atom. The van der Waals surface area contributed by atoms with Crippen molar-refractivity contribution in [2.24, 2.45) is 5.73 Å². The lowest BCUT2D eigenvalue weighted by molar-refractivity contribution is -0.118. The highest BCUT2D eigenvalue weighted by atomic mass is 32.2. The zero-order chi connectivity index (χ0) is 23.8. The SMILES string of the molecule is Cc1ccc(CN)cc1NC(=O)C(C)n1cc(C)c2cc(S(=O)(=O)N3CCCCC3)ccc21. The number of carbonyl (C=O) groups excluding carboxylic acids is 1. The molecule has 33 heavy (non-hydrogen) atoms. The maximum atomic E-state index is 13.1. The van der Waals surface area contributed by atoms with Crippen LogP contribution >= 0.6 is 0 Å². The average Bonchev–Trinajstić information content (AvgIpc) is 3.16. The van der Waals surface area contributed by atoms with Gasteiger partial charge in [0.25, 0.3) is 0 Å². The number of aryl methyl sites for hydroxylation is 2. The first-order chi connectivity index (χ1) is 15.7. The van der Waals surface area contributed by atoms with Crippen molar-refractivity contribution >= 4 is 32.5 Å². The van der Waals surface area contributed by atoms with Gasteiger partial charge in [-0.05, 0) is 74.6 Å². The molecule has 176 valence electrons. The van der Waals surface area contributed by atoms with E-state index >= 15 is 0 Å². The molecule has 1 atom stereocenters. The minimum atomic E-state index is -3.52. The van der Waals surface area contributed by atoms with Gasteiger partial charge in [0, 0.05) is 42.4 Å². The number of hydrogen-bond acceptors (Lipinski definition) is 4. The van der Waals surface area contributed by atoms with Crippen molar-refractivity contribution in [3.8, 4) is 0 Å². The van der Waals surface area contributed by atoms with Gasteiger partial charge in [-0.25, -0.2) is 8.42 Å². The van der Waals surface area contributed by atoms with Crippen molar-refractivity contribution < 1.29 is 13.2 Å². The van der Waals surface area contributed by atoms with Crippen molar-refractivity contribution in [1.29, 1.82) is 0 Å². The molecule has 1 aromatic heterocycles.